The van der Waals surface area contributed by atoms with Gasteiger partial charge in [-0.2, -0.15) is 0 Å². The van der Waals surface area contributed by atoms with E-state index in [-0.39, 0.29) is 35.1 Å². The van der Waals surface area contributed by atoms with Gasteiger partial charge in [0.05, 0.1) is 6.26 Å². The van der Waals surface area contributed by atoms with Crippen LogP contribution in [-0.2, 0) is 14.3 Å². The Morgan fingerprint density at radius 3 is 2.63 bits per heavy atom. The quantitative estimate of drug-likeness (QED) is 0.742. The molecule has 1 heterocycles. The first kappa shape index (κ1) is 19.5. The molecule has 2 aliphatic rings. The SMILES string of the molecule is C[C@@H](NC(=O)c1ccco1)C(=O)OCC(=O)N[C@@H]1C[C@H]2CC[C@@]1(C)C2(C)C. The number of nitrogens with one attached hydrogen (secondary N) is 2. The van der Waals surface area contributed by atoms with Gasteiger partial charge in [-0.3, -0.25) is 9.59 Å². The number of hydrogen-bond acceptors (Lipinski definition) is 5. The van der Waals surface area contributed by atoms with Crippen molar-refractivity contribution in [2.75, 3.05) is 6.61 Å². The lowest BCUT2D eigenvalue weighted by molar-refractivity contribution is -0.150. The summed E-state index contributed by atoms with van der Waals surface area (Å²) in [6.45, 7) is 7.95. The molecule has 7 nitrogen and oxygen atoms in total. The summed E-state index contributed by atoms with van der Waals surface area (Å²) in [6, 6.07) is 2.31. The molecule has 0 aliphatic heterocycles. The van der Waals surface area contributed by atoms with Crippen molar-refractivity contribution < 1.29 is 23.5 Å². The van der Waals surface area contributed by atoms with E-state index in [0.29, 0.717) is 5.92 Å². The fourth-order valence-electron chi connectivity index (χ4n) is 4.65. The van der Waals surface area contributed by atoms with Crippen LogP contribution in [0, 0.1) is 16.7 Å². The lowest BCUT2D eigenvalue weighted by Gasteiger charge is -2.39. The van der Waals surface area contributed by atoms with Gasteiger partial charge in [0, 0.05) is 6.04 Å². The first-order valence-corrected chi connectivity index (χ1v) is 9.45. The van der Waals surface area contributed by atoms with E-state index in [2.05, 4.69) is 31.4 Å². The van der Waals surface area contributed by atoms with Crippen molar-refractivity contribution in [3.8, 4) is 0 Å². The van der Waals surface area contributed by atoms with Crippen molar-refractivity contribution in [1.29, 1.82) is 0 Å². The number of esters is 1. The molecule has 0 unspecified atom stereocenters. The molecule has 0 radical (unpaired) electrons. The van der Waals surface area contributed by atoms with Crippen molar-refractivity contribution in [3.05, 3.63) is 24.2 Å². The highest BCUT2D eigenvalue weighted by atomic mass is 16.5. The van der Waals surface area contributed by atoms with Crippen LogP contribution < -0.4 is 10.6 Å². The van der Waals surface area contributed by atoms with Crippen LogP contribution in [0.2, 0.25) is 0 Å². The minimum atomic E-state index is -0.880. The number of hydrogen-bond donors (Lipinski definition) is 2. The number of amides is 2. The largest absolute Gasteiger partial charge is 0.459 e. The fourth-order valence-corrected chi connectivity index (χ4v) is 4.65. The predicted molar refractivity (Wildman–Crippen MR) is 97.8 cm³/mol. The molecule has 2 N–H and O–H groups in total. The Morgan fingerprint density at radius 1 is 1.33 bits per heavy atom. The van der Waals surface area contributed by atoms with Gasteiger partial charge < -0.3 is 19.8 Å². The molecule has 1 aromatic heterocycles. The van der Waals surface area contributed by atoms with Crippen LogP contribution in [-0.4, -0.2) is 36.5 Å². The Hall–Kier alpha value is -2.31. The van der Waals surface area contributed by atoms with Gasteiger partial charge >= 0.3 is 5.97 Å². The van der Waals surface area contributed by atoms with Gasteiger partial charge in [0.2, 0.25) is 0 Å². The Morgan fingerprint density at radius 2 is 2.07 bits per heavy atom. The van der Waals surface area contributed by atoms with Crippen LogP contribution in [0.25, 0.3) is 0 Å². The van der Waals surface area contributed by atoms with Gasteiger partial charge in [0.15, 0.2) is 12.4 Å². The molecule has 0 aromatic carbocycles. The molecule has 2 fully saturated rings. The molecule has 3 rings (SSSR count). The molecule has 2 bridgehead atoms. The standard InChI is InChI=1S/C20H28N2O5/c1-12(21-17(24)14-6-5-9-26-14)18(25)27-11-16(23)22-15-10-13-7-8-20(15,4)19(13,2)3/h5-6,9,12-13,15H,7-8,10-11H2,1-4H3,(H,21,24)(H,22,23)/t12-,13-,15-,20-/m1/s1. The molecule has 4 atom stereocenters. The third-order valence-electron chi connectivity index (χ3n) is 6.92. The summed E-state index contributed by atoms with van der Waals surface area (Å²) >= 11 is 0. The number of carbonyl (C=O) groups is 3. The highest BCUT2D eigenvalue weighted by Gasteiger charge is 2.61. The Bertz CT molecular complexity index is 727. The monoisotopic (exact) mass is 376 g/mol. The molecule has 27 heavy (non-hydrogen) atoms. The summed E-state index contributed by atoms with van der Waals surface area (Å²) in [6.07, 6.45) is 4.65. The molecule has 2 amide bonds. The van der Waals surface area contributed by atoms with E-state index in [0.717, 1.165) is 12.8 Å². The van der Waals surface area contributed by atoms with Gasteiger partial charge in [0.1, 0.15) is 6.04 Å². The summed E-state index contributed by atoms with van der Waals surface area (Å²) in [5.41, 5.74) is 0.272. The van der Waals surface area contributed by atoms with Crippen molar-refractivity contribution in [2.45, 2.75) is 59.0 Å². The Kier molecular flexibility index (Phi) is 5.06. The molecule has 0 saturated heterocycles. The molecular formula is C20H28N2O5. The topological polar surface area (TPSA) is 97.6 Å². The van der Waals surface area contributed by atoms with Crippen LogP contribution in [0.1, 0.15) is 57.5 Å². The van der Waals surface area contributed by atoms with E-state index >= 15 is 0 Å². The number of carbonyl (C=O) groups excluding carboxylic acids is 3. The maximum Gasteiger partial charge on any atom is 0.328 e. The first-order valence-electron chi connectivity index (χ1n) is 9.45. The van der Waals surface area contributed by atoms with Gasteiger partial charge in [-0.1, -0.05) is 20.8 Å². The summed E-state index contributed by atoms with van der Waals surface area (Å²) in [4.78, 5) is 36.2. The molecule has 2 aliphatic carbocycles. The number of fused-ring (bicyclic) bond motifs is 2. The molecular weight excluding hydrogens is 348 g/mol. The van der Waals surface area contributed by atoms with Gasteiger partial charge in [0.25, 0.3) is 11.8 Å². The minimum Gasteiger partial charge on any atom is -0.459 e. The van der Waals surface area contributed by atoms with Crippen molar-refractivity contribution in [2.24, 2.45) is 16.7 Å². The van der Waals surface area contributed by atoms with Crippen LogP contribution in [0.3, 0.4) is 0 Å². The zero-order valence-corrected chi connectivity index (χ0v) is 16.3. The zero-order valence-electron chi connectivity index (χ0n) is 16.3. The molecule has 148 valence electrons. The van der Waals surface area contributed by atoms with E-state index < -0.39 is 17.9 Å². The van der Waals surface area contributed by atoms with Crippen LogP contribution in [0.5, 0.6) is 0 Å². The lowest BCUT2D eigenvalue weighted by atomic mass is 9.69. The molecule has 7 heteroatoms. The highest BCUT2D eigenvalue weighted by molar-refractivity contribution is 5.94. The predicted octanol–water partition coefficient (Wildman–Crippen LogP) is 2.27. The maximum atomic E-state index is 12.3. The second-order valence-corrected chi connectivity index (χ2v) is 8.51. The number of furan rings is 1. The number of ether oxygens (including phenoxy) is 1. The average Bonchev–Trinajstić information content (AvgIpc) is 3.26. The summed E-state index contributed by atoms with van der Waals surface area (Å²) in [7, 11) is 0. The van der Waals surface area contributed by atoms with Crippen LogP contribution in [0.4, 0.5) is 0 Å². The minimum absolute atomic E-state index is 0.0711. The van der Waals surface area contributed by atoms with Gasteiger partial charge in [-0.15, -0.1) is 0 Å². The second kappa shape index (κ2) is 7.02. The van der Waals surface area contributed by atoms with Crippen molar-refractivity contribution in [3.63, 3.8) is 0 Å². The van der Waals surface area contributed by atoms with E-state index in [9.17, 15) is 14.4 Å². The third kappa shape index (κ3) is 3.47. The van der Waals surface area contributed by atoms with E-state index in [1.807, 2.05) is 0 Å². The molecule has 2 saturated carbocycles. The van der Waals surface area contributed by atoms with Crippen LogP contribution in [0.15, 0.2) is 22.8 Å². The first-order chi connectivity index (χ1) is 12.6. The molecule has 0 spiro atoms. The summed E-state index contributed by atoms with van der Waals surface area (Å²) < 4.78 is 10.0. The average molecular weight is 376 g/mol. The summed E-state index contributed by atoms with van der Waals surface area (Å²) in [5.74, 6) is -0.746. The van der Waals surface area contributed by atoms with E-state index in [1.54, 1.807) is 6.07 Å². The van der Waals surface area contributed by atoms with Gasteiger partial charge in [-0.05, 0) is 55.1 Å². The summed E-state index contributed by atoms with van der Waals surface area (Å²) in [5, 5.41) is 5.52. The van der Waals surface area contributed by atoms with E-state index in [4.69, 9.17) is 9.15 Å². The van der Waals surface area contributed by atoms with Gasteiger partial charge in [-0.25, -0.2) is 4.79 Å². The van der Waals surface area contributed by atoms with Crippen molar-refractivity contribution >= 4 is 17.8 Å². The zero-order chi connectivity index (χ0) is 19.8. The maximum absolute atomic E-state index is 12.3. The Labute approximate surface area is 159 Å². The van der Waals surface area contributed by atoms with Crippen molar-refractivity contribution in [1.82, 2.24) is 10.6 Å². The second-order valence-electron chi connectivity index (χ2n) is 8.51. The highest BCUT2D eigenvalue weighted by Crippen LogP contribution is 2.65. The third-order valence-corrected chi connectivity index (χ3v) is 6.92. The van der Waals surface area contributed by atoms with E-state index in [1.165, 1.54) is 25.7 Å². The number of rotatable bonds is 6. The van der Waals surface area contributed by atoms with Crippen LogP contribution >= 0.6 is 0 Å². The molecule has 1 aromatic rings. The fraction of sp³-hybridized carbons (Fsp3) is 0.650. The Balaban J connectivity index is 1.45. The smallest absolute Gasteiger partial charge is 0.328 e. The normalized spacial score (nSPS) is 29.2. The lowest BCUT2D eigenvalue weighted by Crippen LogP contribution is -2.48.